The predicted octanol–water partition coefficient (Wildman–Crippen LogP) is 3.51. The highest BCUT2D eigenvalue weighted by atomic mass is 79.9. The number of aromatic carboxylic acids is 1. The lowest BCUT2D eigenvalue weighted by molar-refractivity contribution is 0.0697. The molecule has 0 bridgehead atoms. The average Bonchev–Trinajstić information content (AvgIpc) is 2.41. The molecule has 0 fully saturated rings. The van der Waals surface area contributed by atoms with Gasteiger partial charge in [0.25, 0.3) is 0 Å². The molecular formula is C15H14BrFN2O2. The van der Waals surface area contributed by atoms with E-state index in [1.165, 1.54) is 24.3 Å². The van der Waals surface area contributed by atoms with E-state index in [-0.39, 0.29) is 11.4 Å². The maximum absolute atomic E-state index is 13.1. The molecule has 0 unspecified atom stereocenters. The fraction of sp³-hybridized carbons (Fsp3) is 0.133. The quantitative estimate of drug-likeness (QED) is 0.826. The number of halogens is 2. The van der Waals surface area contributed by atoms with Crippen LogP contribution in [0.5, 0.6) is 0 Å². The van der Waals surface area contributed by atoms with Crippen LogP contribution >= 0.6 is 15.9 Å². The predicted molar refractivity (Wildman–Crippen MR) is 84.0 cm³/mol. The van der Waals surface area contributed by atoms with Crippen molar-refractivity contribution in [2.45, 2.75) is 6.54 Å². The van der Waals surface area contributed by atoms with Gasteiger partial charge in [0, 0.05) is 18.1 Å². The Morgan fingerprint density at radius 1 is 1.33 bits per heavy atom. The van der Waals surface area contributed by atoms with Gasteiger partial charge in [-0.05, 0) is 35.9 Å². The third-order valence-electron chi connectivity index (χ3n) is 3.11. The Morgan fingerprint density at radius 2 is 2.05 bits per heavy atom. The van der Waals surface area contributed by atoms with E-state index >= 15 is 0 Å². The molecule has 21 heavy (non-hydrogen) atoms. The van der Waals surface area contributed by atoms with Gasteiger partial charge in [-0.1, -0.05) is 22.0 Å². The zero-order chi connectivity index (χ0) is 15.6. The number of rotatable bonds is 4. The second kappa shape index (κ2) is 6.13. The maximum atomic E-state index is 13.1. The smallest absolute Gasteiger partial charge is 0.335 e. The largest absolute Gasteiger partial charge is 0.478 e. The van der Waals surface area contributed by atoms with Gasteiger partial charge >= 0.3 is 5.97 Å². The number of nitrogens with zero attached hydrogens (tertiary/aromatic N) is 1. The number of nitrogens with two attached hydrogens (primary N) is 1. The van der Waals surface area contributed by atoms with E-state index in [9.17, 15) is 9.18 Å². The number of nitrogen functional groups attached to an aromatic ring is 1. The molecule has 6 heteroatoms. The van der Waals surface area contributed by atoms with Crippen LogP contribution in [0.25, 0.3) is 0 Å². The molecule has 4 nitrogen and oxygen atoms in total. The van der Waals surface area contributed by atoms with Crippen LogP contribution in [0.3, 0.4) is 0 Å². The topological polar surface area (TPSA) is 66.6 Å². The van der Waals surface area contributed by atoms with Crippen LogP contribution in [0.4, 0.5) is 15.8 Å². The average molecular weight is 353 g/mol. The number of hydrogen-bond acceptors (Lipinski definition) is 3. The standard InChI is InChI=1S/C15H14BrFN2O2/c1-19(8-10-2-4-11(17)7-12(10)16)14-5-3-9(15(20)21)6-13(14)18/h2-7H,8,18H2,1H3,(H,20,21). The highest BCUT2D eigenvalue weighted by molar-refractivity contribution is 9.10. The second-order valence-corrected chi connectivity index (χ2v) is 5.52. The molecule has 2 aromatic rings. The van der Waals surface area contributed by atoms with Gasteiger partial charge in [0.1, 0.15) is 5.82 Å². The van der Waals surface area contributed by atoms with Crippen LogP contribution < -0.4 is 10.6 Å². The Morgan fingerprint density at radius 3 is 2.62 bits per heavy atom. The van der Waals surface area contributed by atoms with Crippen molar-refractivity contribution < 1.29 is 14.3 Å². The zero-order valence-corrected chi connectivity index (χ0v) is 12.9. The first-order valence-electron chi connectivity index (χ1n) is 6.16. The Bertz CT molecular complexity index is 691. The van der Waals surface area contributed by atoms with E-state index in [0.29, 0.717) is 16.7 Å². The van der Waals surface area contributed by atoms with Crippen LogP contribution in [0.2, 0.25) is 0 Å². The maximum Gasteiger partial charge on any atom is 0.335 e. The fourth-order valence-corrected chi connectivity index (χ4v) is 2.50. The first-order chi connectivity index (χ1) is 9.88. The summed E-state index contributed by atoms with van der Waals surface area (Å²) >= 11 is 3.32. The zero-order valence-electron chi connectivity index (χ0n) is 11.3. The lowest BCUT2D eigenvalue weighted by Crippen LogP contribution is -2.18. The summed E-state index contributed by atoms with van der Waals surface area (Å²) in [4.78, 5) is 12.8. The summed E-state index contributed by atoms with van der Waals surface area (Å²) < 4.78 is 13.7. The van der Waals surface area contributed by atoms with Crippen LogP contribution in [-0.2, 0) is 6.54 Å². The Balaban J connectivity index is 2.24. The van der Waals surface area contributed by atoms with Gasteiger partial charge in [0.2, 0.25) is 0 Å². The third kappa shape index (κ3) is 3.52. The number of hydrogen-bond donors (Lipinski definition) is 2. The number of carboxylic acid groups (broad SMARTS) is 1. The summed E-state index contributed by atoms with van der Waals surface area (Å²) in [6, 6.07) is 9.08. The molecule has 0 amide bonds. The number of anilines is 2. The van der Waals surface area contributed by atoms with Crippen LogP contribution in [0.1, 0.15) is 15.9 Å². The lowest BCUT2D eigenvalue weighted by Gasteiger charge is -2.22. The van der Waals surface area contributed by atoms with Crippen molar-refractivity contribution >= 4 is 33.3 Å². The summed E-state index contributed by atoms with van der Waals surface area (Å²) in [6.07, 6.45) is 0. The van der Waals surface area contributed by atoms with Gasteiger partial charge in [-0.3, -0.25) is 0 Å². The van der Waals surface area contributed by atoms with Crippen molar-refractivity contribution in [1.29, 1.82) is 0 Å². The molecule has 0 spiro atoms. The van der Waals surface area contributed by atoms with Crippen LogP contribution in [0, 0.1) is 5.82 Å². The van der Waals surface area contributed by atoms with Gasteiger partial charge < -0.3 is 15.7 Å². The van der Waals surface area contributed by atoms with E-state index in [2.05, 4.69) is 15.9 Å². The van der Waals surface area contributed by atoms with E-state index in [1.54, 1.807) is 12.1 Å². The first kappa shape index (κ1) is 15.3. The van der Waals surface area contributed by atoms with Crippen molar-refractivity contribution in [2.24, 2.45) is 0 Å². The summed E-state index contributed by atoms with van der Waals surface area (Å²) in [5, 5.41) is 8.93. The molecular weight excluding hydrogens is 339 g/mol. The van der Waals surface area contributed by atoms with E-state index in [4.69, 9.17) is 10.8 Å². The van der Waals surface area contributed by atoms with E-state index in [1.807, 2.05) is 11.9 Å². The fourth-order valence-electron chi connectivity index (χ4n) is 2.03. The molecule has 0 aliphatic carbocycles. The molecule has 2 rings (SSSR count). The minimum Gasteiger partial charge on any atom is -0.478 e. The summed E-state index contributed by atoms with van der Waals surface area (Å²) in [7, 11) is 1.84. The van der Waals surface area contributed by atoms with Gasteiger partial charge in [0.15, 0.2) is 0 Å². The molecule has 0 heterocycles. The molecule has 0 aliphatic rings. The molecule has 110 valence electrons. The summed E-state index contributed by atoms with van der Waals surface area (Å²) in [6.45, 7) is 0.511. The van der Waals surface area contributed by atoms with Crippen molar-refractivity contribution in [1.82, 2.24) is 0 Å². The van der Waals surface area contributed by atoms with Crippen LogP contribution in [0.15, 0.2) is 40.9 Å². The highest BCUT2D eigenvalue weighted by Crippen LogP contribution is 2.27. The van der Waals surface area contributed by atoms with Crippen molar-refractivity contribution in [3.8, 4) is 0 Å². The van der Waals surface area contributed by atoms with Crippen molar-refractivity contribution in [3.63, 3.8) is 0 Å². The molecule has 0 aromatic heterocycles. The van der Waals surface area contributed by atoms with E-state index < -0.39 is 5.97 Å². The molecule has 0 radical (unpaired) electrons. The van der Waals surface area contributed by atoms with Crippen molar-refractivity contribution in [3.05, 3.63) is 57.8 Å². The molecule has 0 saturated carbocycles. The molecule has 0 atom stereocenters. The second-order valence-electron chi connectivity index (χ2n) is 4.67. The first-order valence-corrected chi connectivity index (χ1v) is 6.95. The molecule has 0 aliphatic heterocycles. The SMILES string of the molecule is CN(Cc1ccc(F)cc1Br)c1ccc(C(=O)O)cc1N. The lowest BCUT2D eigenvalue weighted by atomic mass is 10.1. The molecule has 2 aromatic carbocycles. The van der Waals surface area contributed by atoms with Gasteiger partial charge in [-0.25, -0.2) is 9.18 Å². The molecule has 3 N–H and O–H groups in total. The van der Waals surface area contributed by atoms with Crippen LogP contribution in [-0.4, -0.2) is 18.1 Å². The molecule has 0 saturated heterocycles. The number of carboxylic acids is 1. The van der Waals surface area contributed by atoms with Crippen molar-refractivity contribution in [2.75, 3.05) is 17.7 Å². The minimum atomic E-state index is -1.02. The third-order valence-corrected chi connectivity index (χ3v) is 3.85. The monoisotopic (exact) mass is 352 g/mol. The number of carbonyl (C=O) groups is 1. The summed E-state index contributed by atoms with van der Waals surface area (Å²) in [5.41, 5.74) is 8.05. The van der Waals surface area contributed by atoms with Gasteiger partial charge in [-0.15, -0.1) is 0 Å². The summed E-state index contributed by atoms with van der Waals surface area (Å²) in [5.74, 6) is -1.32. The van der Waals surface area contributed by atoms with E-state index in [0.717, 1.165) is 11.3 Å². The van der Waals surface area contributed by atoms with Gasteiger partial charge in [0.05, 0.1) is 16.9 Å². The van der Waals surface area contributed by atoms with Gasteiger partial charge in [-0.2, -0.15) is 0 Å². The normalized spacial score (nSPS) is 10.4. The Labute approximate surface area is 130 Å². The highest BCUT2D eigenvalue weighted by Gasteiger charge is 2.11. The minimum absolute atomic E-state index is 0.146. The Kier molecular flexibility index (Phi) is 4.47. The number of benzene rings is 2. The Hall–Kier alpha value is -2.08.